The van der Waals surface area contributed by atoms with Gasteiger partial charge in [-0.1, -0.05) is 29.8 Å². The van der Waals surface area contributed by atoms with Crippen molar-refractivity contribution in [2.45, 2.75) is 32.1 Å². The summed E-state index contributed by atoms with van der Waals surface area (Å²) in [6.07, 6.45) is 2.06. The van der Waals surface area contributed by atoms with Gasteiger partial charge in [0, 0.05) is 43.2 Å². The maximum absolute atomic E-state index is 13.1. The van der Waals surface area contributed by atoms with Gasteiger partial charge in [-0.15, -0.1) is 0 Å². The quantitative estimate of drug-likeness (QED) is 0.831. The molecular formula is C25H26N4O. The molecule has 0 saturated carbocycles. The van der Waals surface area contributed by atoms with Gasteiger partial charge in [0.15, 0.2) is 5.78 Å². The van der Waals surface area contributed by atoms with E-state index >= 15 is 0 Å². The van der Waals surface area contributed by atoms with Crippen molar-refractivity contribution in [3.05, 3.63) is 82.3 Å². The zero-order chi connectivity index (χ0) is 21.4. The number of nitrogens with zero attached hydrogens (tertiary/aromatic N) is 3. The molecular weight excluding hydrogens is 372 g/mol. The standard InChI is InChI=1S/C25H26N4O/c1-16-7-11-19(12-8-16)29-21-5-4-6-22(30)24(21)23(20(15-26)25(29)27)17-9-13-18(14-10-17)28(2)3/h7-14,23H,4-6,27H2,1-3H3/t23-/m1/s1. The maximum atomic E-state index is 13.1. The molecule has 0 bridgehead atoms. The van der Waals surface area contributed by atoms with Gasteiger partial charge in [0.2, 0.25) is 0 Å². The fourth-order valence-electron chi connectivity index (χ4n) is 4.37. The van der Waals surface area contributed by atoms with Crippen LogP contribution in [-0.2, 0) is 4.79 Å². The minimum absolute atomic E-state index is 0.107. The number of benzene rings is 2. The number of rotatable bonds is 3. The molecule has 4 rings (SSSR count). The van der Waals surface area contributed by atoms with Crippen molar-refractivity contribution >= 4 is 17.2 Å². The summed E-state index contributed by atoms with van der Waals surface area (Å²) in [6.45, 7) is 2.03. The molecule has 0 amide bonds. The number of carbonyl (C=O) groups is 1. The first-order chi connectivity index (χ1) is 14.4. The number of hydrogen-bond donors (Lipinski definition) is 1. The average molecular weight is 399 g/mol. The highest BCUT2D eigenvalue weighted by Gasteiger charge is 2.40. The lowest BCUT2D eigenvalue weighted by Gasteiger charge is -2.39. The van der Waals surface area contributed by atoms with E-state index in [0.29, 0.717) is 23.4 Å². The lowest BCUT2D eigenvalue weighted by atomic mass is 9.75. The number of anilines is 2. The minimum Gasteiger partial charge on any atom is -0.384 e. The third-order valence-corrected chi connectivity index (χ3v) is 5.95. The number of ketones is 1. The minimum atomic E-state index is -0.421. The van der Waals surface area contributed by atoms with Crippen LogP contribution in [0.5, 0.6) is 0 Å². The van der Waals surface area contributed by atoms with Crippen molar-refractivity contribution in [1.82, 2.24) is 0 Å². The second-order valence-electron chi connectivity index (χ2n) is 8.14. The first-order valence-corrected chi connectivity index (χ1v) is 10.2. The van der Waals surface area contributed by atoms with E-state index in [-0.39, 0.29) is 5.78 Å². The second-order valence-corrected chi connectivity index (χ2v) is 8.14. The van der Waals surface area contributed by atoms with Gasteiger partial charge in [-0.25, -0.2) is 0 Å². The molecule has 0 spiro atoms. The fourth-order valence-corrected chi connectivity index (χ4v) is 4.37. The highest BCUT2D eigenvalue weighted by molar-refractivity contribution is 6.01. The Morgan fingerprint density at radius 1 is 1.07 bits per heavy atom. The monoisotopic (exact) mass is 398 g/mol. The maximum Gasteiger partial charge on any atom is 0.161 e. The highest BCUT2D eigenvalue weighted by atomic mass is 16.1. The van der Waals surface area contributed by atoms with Crippen LogP contribution < -0.4 is 15.5 Å². The summed E-state index contributed by atoms with van der Waals surface area (Å²) in [5.41, 5.74) is 12.7. The first kappa shape index (κ1) is 19.8. The molecule has 0 aromatic heterocycles. The molecule has 0 unspecified atom stereocenters. The van der Waals surface area contributed by atoms with Crippen molar-refractivity contribution in [2.24, 2.45) is 5.73 Å². The molecule has 5 heteroatoms. The van der Waals surface area contributed by atoms with E-state index in [4.69, 9.17) is 5.73 Å². The molecule has 1 heterocycles. The average Bonchev–Trinajstić information content (AvgIpc) is 2.74. The number of allylic oxidation sites excluding steroid dienone is 3. The largest absolute Gasteiger partial charge is 0.384 e. The summed E-state index contributed by atoms with van der Waals surface area (Å²) in [7, 11) is 3.97. The number of hydrogen-bond acceptors (Lipinski definition) is 5. The molecule has 0 radical (unpaired) electrons. The van der Waals surface area contributed by atoms with Crippen LogP contribution in [0, 0.1) is 18.3 Å². The Hall–Kier alpha value is -3.52. The first-order valence-electron chi connectivity index (χ1n) is 10.2. The molecule has 1 atom stereocenters. The number of carbonyl (C=O) groups excluding carboxylic acids is 1. The van der Waals surface area contributed by atoms with Crippen LogP contribution in [0.1, 0.15) is 36.3 Å². The zero-order valence-corrected chi connectivity index (χ0v) is 17.6. The molecule has 1 aliphatic heterocycles. The Bertz CT molecular complexity index is 1090. The molecule has 2 aromatic rings. The van der Waals surface area contributed by atoms with Crippen molar-refractivity contribution in [2.75, 3.05) is 23.9 Å². The smallest absolute Gasteiger partial charge is 0.161 e. The SMILES string of the molecule is Cc1ccc(N2C(N)=C(C#N)[C@@H](c3ccc(N(C)C)cc3)C3=C2CCCC3=O)cc1. The van der Waals surface area contributed by atoms with Crippen molar-refractivity contribution in [1.29, 1.82) is 5.26 Å². The Morgan fingerprint density at radius 2 is 1.73 bits per heavy atom. The number of Topliss-reactive ketones (excluding diaryl/α,β-unsaturated/α-hetero) is 1. The van der Waals surface area contributed by atoms with Crippen LogP contribution in [0.4, 0.5) is 11.4 Å². The second kappa shape index (κ2) is 7.72. The zero-order valence-electron chi connectivity index (χ0n) is 17.6. The van der Waals surface area contributed by atoms with Gasteiger partial charge in [0.25, 0.3) is 0 Å². The molecule has 1 aliphatic carbocycles. The Balaban J connectivity index is 1.91. The highest BCUT2D eigenvalue weighted by Crippen LogP contribution is 2.46. The molecule has 2 aromatic carbocycles. The van der Waals surface area contributed by atoms with Crippen LogP contribution in [0.25, 0.3) is 0 Å². The molecule has 2 aliphatic rings. The molecule has 152 valence electrons. The third-order valence-electron chi connectivity index (χ3n) is 5.95. The van der Waals surface area contributed by atoms with Gasteiger partial charge < -0.3 is 10.6 Å². The molecule has 0 saturated heterocycles. The normalized spacial score (nSPS) is 18.9. The molecule has 30 heavy (non-hydrogen) atoms. The lowest BCUT2D eigenvalue weighted by molar-refractivity contribution is -0.116. The molecule has 0 fully saturated rings. The topological polar surface area (TPSA) is 73.4 Å². The predicted octanol–water partition coefficient (Wildman–Crippen LogP) is 4.37. The van der Waals surface area contributed by atoms with Crippen LogP contribution in [0.3, 0.4) is 0 Å². The van der Waals surface area contributed by atoms with E-state index in [1.807, 2.05) is 79.3 Å². The number of nitriles is 1. The van der Waals surface area contributed by atoms with E-state index in [2.05, 4.69) is 6.07 Å². The van der Waals surface area contributed by atoms with Gasteiger partial charge in [-0.2, -0.15) is 5.26 Å². The lowest BCUT2D eigenvalue weighted by Crippen LogP contribution is -2.38. The predicted molar refractivity (Wildman–Crippen MR) is 120 cm³/mol. The number of nitrogens with two attached hydrogens (primary N) is 1. The van der Waals surface area contributed by atoms with Gasteiger partial charge in [-0.05, 0) is 49.6 Å². The summed E-state index contributed by atoms with van der Waals surface area (Å²) >= 11 is 0. The van der Waals surface area contributed by atoms with Gasteiger partial charge in [-0.3, -0.25) is 9.69 Å². The fraction of sp³-hybridized carbons (Fsp3) is 0.280. The summed E-state index contributed by atoms with van der Waals surface area (Å²) < 4.78 is 0. The van der Waals surface area contributed by atoms with E-state index in [9.17, 15) is 10.1 Å². The summed E-state index contributed by atoms with van der Waals surface area (Å²) in [4.78, 5) is 17.1. The summed E-state index contributed by atoms with van der Waals surface area (Å²) in [5, 5.41) is 10.1. The van der Waals surface area contributed by atoms with E-state index in [1.165, 1.54) is 0 Å². The van der Waals surface area contributed by atoms with Crippen molar-refractivity contribution in [3.8, 4) is 6.07 Å². The Labute approximate surface area is 177 Å². The van der Waals surface area contributed by atoms with Gasteiger partial charge in [0.05, 0.1) is 17.6 Å². The summed E-state index contributed by atoms with van der Waals surface area (Å²) in [6, 6.07) is 18.4. The van der Waals surface area contributed by atoms with E-state index in [1.54, 1.807) is 0 Å². The molecule has 5 nitrogen and oxygen atoms in total. The van der Waals surface area contributed by atoms with Crippen LogP contribution in [-0.4, -0.2) is 19.9 Å². The Kier molecular flexibility index (Phi) is 5.09. The van der Waals surface area contributed by atoms with Gasteiger partial charge >= 0.3 is 0 Å². The van der Waals surface area contributed by atoms with Crippen LogP contribution in [0.2, 0.25) is 0 Å². The van der Waals surface area contributed by atoms with Crippen LogP contribution >= 0.6 is 0 Å². The Morgan fingerprint density at radius 3 is 2.33 bits per heavy atom. The molecule has 2 N–H and O–H groups in total. The van der Waals surface area contributed by atoms with E-state index < -0.39 is 5.92 Å². The number of aryl methyl sites for hydroxylation is 1. The van der Waals surface area contributed by atoms with E-state index in [0.717, 1.165) is 41.0 Å². The summed E-state index contributed by atoms with van der Waals surface area (Å²) in [5.74, 6) is 0.0995. The third kappa shape index (κ3) is 3.25. The van der Waals surface area contributed by atoms with Gasteiger partial charge in [0.1, 0.15) is 5.82 Å². The van der Waals surface area contributed by atoms with Crippen molar-refractivity contribution in [3.63, 3.8) is 0 Å². The van der Waals surface area contributed by atoms with Crippen molar-refractivity contribution < 1.29 is 4.79 Å². The van der Waals surface area contributed by atoms with Crippen LogP contribution in [0.15, 0.2) is 71.2 Å².